The molecule has 0 aliphatic heterocycles. The minimum Gasteiger partial charge on any atom is -0.356 e. The second-order valence-electron chi connectivity index (χ2n) is 7.10. The van der Waals surface area contributed by atoms with Gasteiger partial charge >= 0.3 is 0 Å². The number of aliphatic imine (C=N–C) groups is 2. The normalized spacial score (nSPS) is 12.6. The molecule has 4 rings (SSSR count). The van der Waals surface area contributed by atoms with E-state index in [1.54, 1.807) is 7.05 Å². The van der Waals surface area contributed by atoms with E-state index >= 15 is 0 Å². The molecule has 3 aromatic rings. The summed E-state index contributed by atoms with van der Waals surface area (Å²) in [5, 5.41) is 6.86. The predicted octanol–water partition coefficient (Wildman–Crippen LogP) is 6.75. The smallest absolute Gasteiger partial charge is 0.0638 e. The topological polar surface area (TPSA) is 48.8 Å². The van der Waals surface area contributed by atoms with E-state index in [1.807, 2.05) is 48.6 Å². The van der Waals surface area contributed by atoms with Crippen LogP contribution in [0.15, 0.2) is 107 Å². The molecular formula is C26H24N4. The van der Waals surface area contributed by atoms with E-state index in [0.717, 1.165) is 39.9 Å². The van der Waals surface area contributed by atoms with Crippen LogP contribution in [-0.4, -0.2) is 18.5 Å². The second kappa shape index (κ2) is 9.05. The molecular weight excluding hydrogens is 368 g/mol. The molecule has 30 heavy (non-hydrogen) atoms. The summed E-state index contributed by atoms with van der Waals surface area (Å²) < 4.78 is 0. The highest BCUT2D eigenvalue weighted by molar-refractivity contribution is 6.18. The maximum Gasteiger partial charge on any atom is 0.0638 e. The molecule has 0 saturated carbocycles. The number of hydrogen-bond donors (Lipinski definition) is 2. The molecule has 0 radical (unpaired) electrons. The Morgan fingerprint density at radius 3 is 1.70 bits per heavy atom. The summed E-state index contributed by atoms with van der Waals surface area (Å²) in [6.07, 6.45) is 7.88. The number of benzene rings is 3. The maximum absolute atomic E-state index is 4.64. The molecule has 4 heteroatoms. The van der Waals surface area contributed by atoms with Crippen LogP contribution in [-0.2, 0) is 0 Å². The van der Waals surface area contributed by atoms with Gasteiger partial charge in [0, 0.05) is 29.8 Å². The van der Waals surface area contributed by atoms with Gasteiger partial charge in [0.2, 0.25) is 0 Å². The molecule has 0 heterocycles. The van der Waals surface area contributed by atoms with Gasteiger partial charge in [-0.25, -0.2) is 4.99 Å². The summed E-state index contributed by atoms with van der Waals surface area (Å²) in [6, 6.07) is 24.7. The monoisotopic (exact) mass is 392 g/mol. The second-order valence-corrected chi connectivity index (χ2v) is 7.10. The minimum absolute atomic E-state index is 0.916. The highest BCUT2D eigenvalue weighted by atomic mass is 14.9. The van der Waals surface area contributed by atoms with Crippen LogP contribution in [0.1, 0.15) is 5.56 Å². The molecule has 0 fully saturated rings. The first kappa shape index (κ1) is 19.4. The Hall–Kier alpha value is -3.92. The number of anilines is 4. The van der Waals surface area contributed by atoms with Gasteiger partial charge in [-0.15, -0.1) is 0 Å². The summed E-state index contributed by atoms with van der Waals surface area (Å²) in [5.41, 5.74) is 8.23. The van der Waals surface area contributed by atoms with Crippen molar-refractivity contribution in [3.63, 3.8) is 0 Å². The fraction of sp³-hybridized carbons (Fsp3) is 0.0769. The van der Waals surface area contributed by atoms with Crippen molar-refractivity contribution in [2.24, 2.45) is 9.98 Å². The highest BCUT2D eigenvalue weighted by Crippen LogP contribution is 2.24. The van der Waals surface area contributed by atoms with Crippen LogP contribution in [0.3, 0.4) is 0 Å². The number of aryl methyl sites for hydroxylation is 1. The number of hydrogen-bond acceptors (Lipinski definition) is 4. The fourth-order valence-electron chi connectivity index (χ4n) is 3.14. The number of nitrogens with zero attached hydrogens (tertiary/aromatic N) is 2. The van der Waals surface area contributed by atoms with Crippen molar-refractivity contribution in [3.05, 3.63) is 103 Å². The first-order valence-electron chi connectivity index (χ1n) is 9.90. The first-order valence-corrected chi connectivity index (χ1v) is 9.90. The van der Waals surface area contributed by atoms with Gasteiger partial charge in [-0.05, 0) is 97.5 Å². The highest BCUT2D eigenvalue weighted by Gasteiger charge is 2.01. The number of nitrogens with one attached hydrogen (secondary N) is 2. The fourth-order valence-corrected chi connectivity index (χ4v) is 3.14. The Kier molecular flexibility index (Phi) is 5.85. The van der Waals surface area contributed by atoms with Gasteiger partial charge in [0.1, 0.15) is 0 Å². The zero-order chi connectivity index (χ0) is 20.8. The molecule has 0 bridgehead atoms. The third-order valence-corrected chi connectivity index (χ3v) is 4.71. The Morgan fingerprint density at radius 1 is 0.600 bits per heavy atom. The lowest BCUT2D eigenvalue weighted by atomic mass is 10.1. The summed E-state index contributed by atoms with van der Waals surface area (Å²) in [4.78, 5) is 8.79. The van der Waals surface area contributed by atoms with E-state index in [-0.39, 0.29) is 0 Å². The van der Waals surface area contributed by atoms with Gasteiger partial charge in [-0.3, -0.25) is 4.99 Å². The average molecular weight is 393 g/mol. The lowest BCUT2D eigenvalue weighted by Crippen LogP contribution is -1.99. The summed E-state index contributed by atoms with van der Waals surface area (Å²) in [7, 11) is 1.78. The van der Waals surface area contributed by atoms with Crippen molar-refractivity contribution in [2.75, 3.05) is 17.7 Å². The lowest BCUT2D eigenvalue weighted by molar-refractivity contribution is 1.44. The molecule has 1 aliphatic rings. The van der Waals surface area contributed by atoms with Gasteiger partial charge in [0.05, 0.1) is 17.1 Å². The molecule has 0 amide bonds. The molecule has 2 N–H and O–H groups in total. The van der Waals surface area contributed by atoms with Gasteiger partial charge in [-0.1, -0.05) is 12.1 Å². The van der Waals surface area contributed by atoms with Crippen LogP contribution >= 0.6 is 0 Å². The Labute approximate surface area is 177 Å². The quantitative estimate of drug-likeness (QED) is 0.472. The third-order valence-electron chi connectivity index (χ3n) is 4.71. The van der Waals surface area contributed by atoms with Crippen molar-refractivity contribution in [2.45, 2.75) is 6.92 Å². The van der Waals surface area contributed by atoms with E-state index in [4.69, 9.17) is 0 Å². The van der Waals surface area contributed by atoms with E-state index in [9.17, 15) is 0 Å². The SMILES string of the molecule is CN=C1C=CC(=Nc2ccc(Nc3ccc(Nc4cccc(C)c4)cc3)cc2)C=C1. The van der Waals surface area contributed by atoms with Crippen LogP contribution < -0.4 is 10.6 Å². The Bertz CT molecular complexity index is 1120. The standard InChI is InChI=1S/C26H24N4/c1-19-4-3-5-26(18-19)30-25-16-14-24(15-17-25)29-23-12-10-22(11-13-23)28-21-8-6-20(27-2)7-9-21/h3-18,29-30H,1-2H3. The molecule has 0 aromatic heterocycles. The average Bonchev–Trinajstić information content (AvgIpc) is 2.77. The van der Waals surface area contributed by atoms with Crippen LogP contribution in [0.5, 0.6) is 0 Å². The van der Waals surface area contributed by atoms with Gasteiger partial charge in [0.25, 0.3) is 0 Å². The van der Waals surface area contributed by atoms with Crippen LogP contribution in [0.4, 0.5) is 28.4 Å². The van der Waals surface area contributed by atoms with Crippen molar-refractivity contribution in [1.29, 1.82) is 0 Å². The van der Waals surface area contributed by atoms with E-state index in [1.165, 1.54) is 5.56 Å². The van der Waals surface area contributed by atoms with Crippen LogP contribution in [0.25, 0.3) is 0 Å². The van der Waals surface area contributed by atoms with Crippen molar-refractivity contribution in [1.82, 2.24) is 0 Å². The van der Waals surface area contributed by atoms with E-state index < -0.39 is 0 Å². The van der Waals surface area contributed by atoms with Crippen LogP contribution in [0.2, 0.25) is 0 Å². The molecule has 0 atom stereocenters. The molecule has 4 nitrogen and oxygen atoms in total. The Morgan fingerprint density at radius 2 is 1.13 bits per heavy atom. The third kappa shape index (κ3) is 5.11. The van der Waals surface area contributed by atoms with E-state index in [0.29, 0.717) is 0 Å². The molecule has 1 aliphatic carbocycles. The molecule has 0 saturated heterocycles. The first-order chi connectivity index (χ1) is 14.7. The Balaban J connectivity index is 1.38. The largest absolute Gasteiger partial charge is 0.356 e. The molecule has 0 unspecified atom stereocenters. The zero-order valence-corrected chi connectivity index (χ0v) is 17.1. The summed E-state index contributed by atoms with van der Waals surface area (Å²) >= 11 is 0. The van der Waals surface area contributed by atoms with E-state index in [2.05, 4.69) is 76.1 Å². The number of rotatable bonds is 5. The van der Waals surface area contributed by atoms with Crippen LogP contribution in [0, 0.1) is 6.92 Å². The zero-order valence-electron chi connectivity index (χ0n) is 17.1. The minimum atomic E-state index is 0.916. The van der Waals surface area contributed by atoms with Gasteiger partial charge < -0.3 is 10.6 Å². The summed E-state index contributed by atoms with van der Waals surface area (Å²) in [6.45, 7) is 2.09. The van der Waals surface area contributed by atoms with Gasteiger partial charge in [-0.2, -0.15) is 0 Å². The molecule has 3 aromatic carbocycles. The lowest BCUT2D eigenvalue weighted by Gasteiger charge is -2.10. The van der Waals surface area contributed by atoms with Gasteiger partial charge in [0.15, 0.2) is 0 Å². The molecule has 148 valence electrons. The molecule has 0 spiro atoms. The maximum atomic E-state index is 4.64. The van der Waals surface area contributed by atoms with Crippen molar-refractivity contribution in [3.8, 4) is 0 Å². The summed E-state index contributed by atoms with van der Waals surface area (Å²) in [5.74, 6) is 0. The predicted molar refractivity (Wildman–Crippen MR) is 129 cm³/mol. The van der Waals surface area contributed by atoms with Crippen molar-refractivity contribution < 1.29 is 0 Å². The van der Waals surface area contributed by atoms with Crippen molar-refractivity contribution >= 4 is 39.9 Å². The number of allylic oxidation sites excluding steroid dienone is 4.